The van der Waals surface area contributed by atoms with Gasteiger partial charge in [0, 0.05) is 31.8 Å². The molecule has 1 unspecified atom stereocenters. The normalized spacial score (nSPS) is 19.8. The average Bonchev–Trinajstić information content (AvgIpc) is 2.69. The van der Waals surface area contributed by atoms with Gasteiger partial charge in [-0.05, 0) is 42.9 Å². The number of carboxylic acid groups (broad SMARTS) is 1. The standard InChI is InChI=1S/C20H30N2O3.C2HF3O2/c1-15(2)4-5-19(23)22-13-20(14-22)10-18(7-9-25-20)24-12-17-11-21-8-6-16(17)3;3-2(4,5)1(6)7/h6,8,11,15,18H,4-5,7,9-10,12-14H2,1-3H3;(H,6,7). The summed E-state index contributed by atoms with van der Waals surface area (Å²) in [5.74, 6) is -1.93. The van der Waals surface area contributed by atoms with Gasteiger partial charge >= 0.3 is 12.1 Å². The molecule has 1 aromatic heterocycles. The van der Waals surface area contributed by atoms with Crippen molar-refractivity contribution in [3.63, 3.8) is 0 Å². The molecule has 0 radical (unpaired) electrons. The second-order valence-corrected chi connectivity index (χ2v) is 8.74. The van der Waals surface area contributed by atoms with Gasteiger partial charge < -0.3 is 19.5 Å². The van der Waals surface area contributed by atoms with Gasteiger partial charge in [0.05, 0.1) is 25.8 Å². The van der Waals surface area contributed by atoms with Crippen LogP contribution in [0.15, 0.2) is 18.5 Å². The van der Waals surface area contributed by atoms with Crippen LogP contribution >= 0.6 is 0 Å². The molecule has 180 valence electrons. The van der Waals surface area contributed by atoms with Gasteiger partial charge in [-0.15, -0.1) is 0 Å². The van der Waals surface area contributed by atoms with Gasteiger partial charge in [-0.1, -0.05) is 13.8 Å². The number of aliphatic carboxylic acids is 1. The van der Waals surface area contributed by atoms with Gasteiger partial charge in [-0.25, -0.2) is 4.79 Å². The van der Waals surface area contributed by atoms with E-state index in [0.717, 1.165) is 37.9 Å². The molecular weight excluding hydrogens is 429 g/mol. The zero-order chi connectivity index (χ0) is 23.9. The molecule has 7 nitrogen and oxygen atoms in total. The fraction of sp³-hybridized carbons (Fsp3) is 0.682. The van der Waals surface area contributed by atoms with Crippen LogP contribution in [0.2, 0.25) is 0 Å². The minimum atomic E-state index is -5.08. The molecule has 10 heteroatoms. The summed E-state index contributed by atoms with van der Waals surface area (Å²) in [5, 5.41) is 7.12. The number of nitrogens with zero attached hydrogens (tertiary/aromatic N) is 2. The van der Waals surface area contributed by atoms with Crippen LogP contribution in [-0.4, -0.2) is 64.4 Å². The first kappa shape index (κ1) is 26.1. The van der Waals surface area contributed by atoms with Crippen molar-refractivity contribution in [3.05, 3.63) is 29.6 Å². The summed E-state index contributed by atoms with van der Waals surface area (Å²) >= 11 is 0. The lowest BCUT2D eigenvalue weighted by Crippen LogP contribution is -2.67. The van der Waals surface area contributed by atoms with E-state index in [1.54, 1.807) is 0 Å². The van der Waals surface area contributed by atoms with Gasteiger partial charge in [-0.2, -0.15) is 13.2 Å². The molecule has 1 amide bonds. The monoisotopic (exact) mass is 460 g/mol. The Labute approximate surface area is 185 Å². The molecule has 1 aromatic rings. The number of amides is 1. The number of pyridine rings is 1. The van der Waals surface area contributed by atoms with Crippen molar-refractivity contribution >= 4 is 11.9 Å². The Morgan fingerprint density at radius 3 is 2.59 bits per heavy atom. The molecule has 0 saturated carbocycles. The Morgan fingerprint density at radius 2 is 2.03 bits per heavy atom. The minimum absolute atomic E-state index is 0.180. The highest BCUT2D eigenvalue weighted by atomic mass is 19.4. The van der Waals surface area contributed by atoms with E-state index in [4.69, 9.17) is 19.4 Å². The maximum Gasteiger partial charge on any atom is 0.490 e. The highest BCUT2D eigenvalue weighted by Crippen LogP contribution is 2.36. The first-order valence-corrected chi connectivity index (χ1v) is 10.6. The molecule has 32 heavy (non-hydrogen) atoms. The molecule has 2 aliphatic heterocycles. The second kappa shape index (κ2) is 11.1. The Balaban J connectivity index is 0.000000451. The molecule has 2 aliphatic rings. The molecule has 2 fully saturated rings. The fourth-order valence-corrected chi connectivity index (χ4v) is 3.60. The first-order chi connectivity index (χ1) is 14.9. The van der Waals surface area contributed by atoms with Crippen LogP contribution in [-0.2, 0) is 25.7 Å². The summed E-state index contributed by atoms with van der Waals surface area (Å²) in [4.78, 5) is 27.2. The zero-order valence-electron chi connectivity index (χ0n) is 18.7. The van der Waals surface area contributed by atoms with Gasteiger partial charge in [0.1, 0.15) is 5.60 Å². The third-order valence-electron chi connectivity index (χ3n) is 5.56. The number of carbonyl (C=O) groups is 2. The van der Waals surface area contributed by atoms with Crippen LogP contribution < -0.4 is 0 Å². The Bertz CT molecular complexity index is 779. The van der Waals surface area contributed by atoms with E-state index in [0.29, 0.717) is 25.6 Å². The Kier molecular flexibility index (Phi) is 9.03. The van der Waals surface area contributed by atoms with E-state index < -0.39 is 12.1 Å². The number of hydrogen-bond donors (Lipinski definition) is 1. The zero-order valence-corrected chi connectivity index (χ0v) is 18.7. The lowest BCUT2D eigenvalue weighted by molar-refractivity contribution is -0.202. The van der Waals surface area contributed by atoms with Crippen molar-refractivity contribution in [2.45, 2.75) is 70.9 Å². The van der Waals surface area contributed by atoms with E-state index in [2.05, 4.69) is 25.8 Å². The largest absolute Gasteiger partial charge is 0.490 e. The molecule has 0 aliphatic carbocycles. The van der Waals surface area contributed by atoms with Crippen LogP contribution in [0.1, 0.15) is 50.7 Å². The van der Waals surface area contributed by atoms with Crippen molar-refractivity contribution in [2.75, 3.05) is 19.7 Å². The van der Waals surface area contributed by atoms with Gasteiger partial charge in [0.25, 0.3) is 0 Å². The van der Waals surface area contributed by atoms with E-state index >= 15 is 0 Å². The summed E-state index contributed by atoms with van der Waals surface area (Å²) in [7, 11) is 0. The molecular formula is C22H31F3N2O5. The number of ether oxygens (including phenoxy) is 2. The minimum Gasteiger partial charge on any atom is -0.475 e. The quantitative estimate of drug-likeness (QED) is 0.696. The van der Waals surface area contributed by atoms with Crippen LogP contribution in [0.5, 0.6) is 0 Å². The molecule has 1 atom stereocenters. The number of aromatic nitrogens is 1. The molecule has 0 bridgehead atoms. The van der Waals surface area contributed by atoms with Crippen LogP contribution in [0.25, 0.3) is 0 Å². The molecule has 1 spiro atoms. The number of carbonyl (C=O) groups excluding carboxylic acids is 1. The van der Waals surface area contributed by atoms with E-state index in [9.17, 15) is 18.0 Å². The molecule has 0 aromatic carbocycles. The number of rotatable bonds is 6. The maximum absolute atomic E-state index is 12.2. The molecule has 3 heterocycles. The van der Waals surface area contributed by atoms with Gasteiger partial charge in [-0.3, -0.25) is 9.78 Å². The second-order valence-electron chi connectivity index (χ2n) is 8.74. The van der Waals surface area contributed by atoms with Crippen molar-refractivity contribution < 1.29 is 37.3 Å². The number of alkyl halides is 3. The van der Waals surface area contributed by atoms with Crippen molar-refractivity contribution in [1.82, 2.24) is 9.88 Å². The van der Waals surface area contributed by atoms with Crippen molar-refractivity contribution in [3.8, 4) is 0 Å². The van der Waals surface area contributed by atoms with E-state index in [-0.39, 0.29) is 17.6 Å². The number of carboxylic acids is 1. The molecule has 2 saturated heterocycles. The fourth-order valence-electron chi connectivity index (χ4n) is 3.60. The average molecular weight is 460 g/mol. The van der Waals surface area contributed by atoms with Gasteiger partial charge in [0.15, 0.2) is 0 Å². The lowest BCUT2D eigenvalue weighted by atomic mass is 9.84. The predicted molar refractivity (Wildman–Crippen MR) is 110 cm³/mol. The summed E-state index contributed by atoms with van der Waals surface area (Å²) in [6.07, 6.45) is 2.20. The number of aryl methyl sites for hydroxylation is 1. The number of hydrogen-bond acceptors (Lipinski definition) is 5. The van der Waals surface area contributed by atoms with Crippen LogP contribution in [0, 0.1) is 12.8 Å². The van der Waals surface area contributed by atoms with E-state index in [1.807, 2.05) is 23.4 Å². The third kappa shape index (κ3) is 7.74. The molecule has 3 rings (SSSR count). The summed E-state index contributed by atoms with van der Waals surface area (Å²) in [6, 6.07) is 2.01. The predicted octanol–water partition coefficient (Wildman–Crippen LogP) is 3.74. The van der Waals surface area contributed by atoms with Crippen molar-refractivity contribution in [2.24, 2.45) is 5.92 Å². The van der Waals surface area contributed by atoms with Crippen LogP contribution in [0.4, 0.5) is 13.2 Å². The van der Waals surface area contributed by atoms with E-state index in [1.165, 1.54) is 5.56 Å². The highest BCUT2D eigenvalue weighted by Gasteiger charge is 2.49. The number of halogens is 3. The Hall–Kier alpha value is -2.20. The highest BCUT2D eigenvalue weighted by molar-refractivity contribution is 5.77. The smallest absolute Gasteiger partial charge is 0.475 e. The summed E-state index contributed by atoms with van der Waals surface area (Å²) in [6.45, 7) is 9.13. The third-order valence-corrected chi connectivity index (χ3v) is 5.56. The van der Waals surface area contributed by atoms with Crippen molar-refractivity contribution in [1.29, 1.82) is 0 Å². The SMILES string of the molecule is Cc1ccncc1COC1CCOC2(C1)CN(C(=O)CCC(C)C)C2.O=C(O)C(F)(F)F. The summed E-state index contributed by atoms with van der Waals surface area (Å²) in [5.41, 5.74) is 2.17. The Morgan fingerprint density at radius 1 is 1.38 bits per heavy atom. The lowest BCUT2D eigenvalue weighted by Gasteiger charge is -2.53. The number of likely N-dealkylation sites (tertiary alicyclic amines) is 1. The topological polar surface area (TPSA) is 89.0 Å². The molecule has 1 N–H and O–H groups in total. The first-order valence-electron chi connectivity index (χ1n) is 10.6. The van der Waals surface area contributed by atoms with Gasteiger partial charge in [0.2, 0.25) is 5.91 Å². The maximum atomic E-state index is 12.2. The summed E-state index contributed by atoms with van der Waals surface area (Å²) < 4.78 is 43.9. The van der Waals surface area contributed by atoms with Crippen LogP contribution in [0.3, 0.4) is 0 Å².